The van der Waals surface area contributed by atoms with Crippen LogP contribution in [0, 0.1) is 0 Å². The minimum absolute atomic E-state index is 0.0809. The molecule has 0 fully saturated rings. The molecule has 0 bridgehead atoms. The minimum Gasteiger partial charge on any atom is -0.612 e. The maximum absolute atomic E-state index is 11.5. The van der Waals surface area contributed by atoms with Gasteiger partial charge in [0.2, 0.25) is 5.90 Å². The van der Waals surface area contributed by atoms with Gasteiger partial charge in [-0.3, -0.25) is 0 Å². The van der Waals surface area contributed by atoms with Gasteiger partial charge in [-0.15, -0.1) is 0 Å². The van der Waals surface area contributed by atoms with E-state index in [2.05, 4.69) is 4.99 Å². The van der Waals surface area contributed by atoms with Crippen molar-refractivity contribution in [2.75, 3.05) is 12.9 Å². The lowest BCUT2D eigenvalue weighted by Crippen LogP contribution is -2.18. The smallest absolute Gasteiger partial charge is 0.217 e. The molecule has 1 aliphatic heterocycles. The third-order valence-electron chi connectivity index (χ3n) is 3.62. The van der Waals surface area contributed by atoms with Gasteiger partial charge in [-0.1, -0.05) is 30.3 Å². The molecule has 0 aromatic heterocycles. The quantitative estimate of drug-likeness (QED) is 0.881. The van der Waals surface area contributed by atoms with Crippen LogP contribution in [0.3, 0.4) is 0 Å². The van der Waals surface area contributed by atoms with E-state index in [0.717, 1.165) is 16.0 Å². The summed E-state index contributed by atoms with van der Waals surface area (Å²) in [6.07, 6.45) is 1.33. The van der Waals surface area contributed by atoms with Crippen molar-refractivity contribution < 1.29 is 14.4 Å². The Balaban J connectivity index is 1.83. The van der Waals surface area contributed by atoms with Crippen molar-refractivity contribution in [3.05, 3.63) is 65.7 Å². The van der Waals surface area contributed by atoms with E-state index >= 15 is 0 Å². The highest BCUT2D eigenvalue weighted by Gasteiger charge is 2.32. The molecule has 0 saturated heterocycles. The van der Waals surface area contributed by atoms with E-state index in [9.17, 15) is 9.66 Å². The summed E-state index contributed by atoms with van der Waals surface area (Å²) in [5.41, 5.74) is 1.82. The monoisotopic (exact) mass is 315 g/mol. The van der Waals surface area contributed by atoms with Crippen LogP contribution in [0.15, 0.2) is 64.5 Å². The molecule has 1 aliphatic rings. The first kappa shape index (κ1) is 15.1. The van der Waals surface area contributed by atoms with Crippen molar-refractivity contribution in [2.45, 2.75) is 17.0 Å². The number of aliphatic hydroxyl groups is 1. The molecule has 4 nitrogen and oxygen atoms in total. The van der Waals surface area contributed by atoms with Crippen molar-refractivity contribution in [1.82, 2.24) is 0 Å². The van der Waals surface area contributed by atoms with Crippen molar-refractivity contribution >= 4 is 17.1 Å². The summed E-state index contributed by atoms with van der Waals surface area (Å²) >= 11 is -1.00. The second-order valence-corrected chi connectivity index (χ2v) is 6.49. The van der Waals surface area contributed by atoms with E-state index in [1.54, 1.807) is 6.26 Å². The number of rotatable bonds is 4. The van der Waals surface area contributed by atoms with E-state index in [1.165, 1.54) is 0 Å². The maximum atomic E-state index is 11.5. The van der Waals surface area contributed by atoms with Gasteiger partial charge in [0.25, 0.3) is 0 Å². The van der Waals surface area contributed by atoms with Crippen molar-refractivity contribution in [1.29, 1.82) is 0 Å². The van der Waals surface area contributed by atoms with Crippen LogP contribution in [-0.2, 0) is 15.9 Å². The Morgan fingerprint density at radius 2 is 1.82 bits per heavy atom. The predicted molar refractivity (Wildman–Crippen MR) is 86.5 cm³/mol. The van der Waals surface area contributed by atoms with Crippen LogP contribution in [0.25, 0.3) is 0 Å². The summed E-state index contributed by atoms with van der Waals surface area (Å²) in [5, 5.41) is 9.57. The highest BCUT2D eigenvalue weighted by atomic mass is 32.2. The molecule has 0 amide bonds. The predicted octanol–water partition coefficient (Wildman–Crippen LogP) is 2.30. The Hall–Kier alpha value is -1.82. The average molecular weight is 315 g/mol. The van der Waals surface area contributed by atoms with Gasteiger partial charge in [-0.2, -0.15) is 0 Å². The molecule has 0 aliphatic carbocycles. The van der Waals surface area contributed by atoms with Gasteiger partial charge in [-0.25, -0.2) is 4.99 Å². The Kier molecular flexibility index (Phi) is 4.47. The van der Waals surface area contributed by atoms with Crippen LogP contribution in [0.2, 0.25) is 0 Å². The number of aliphatic imine (C=N–C) groups is 1. The van der Waals surface area contributed by atoms with Crippen LogP contribution < -0.4 is 0 Å². The fraction of sp³-hybridized carbons (Fsp3) is 0.235. The van der Waals surface area contributed by atoms with Crippen molar-refractivity contribution in [3.8, 4) is 0 Å². The van der Waals surface area contributed by atoms with Gasteiger partial charge in [0, 0.05) is 5.56 Å². The van der Waals surface area contributed by atoms with E-state index in [-0.39, 0.29) is 18.8 Å². The number of nitrogens with zero attached hydrogens (tertiary/aromatic N) is 1. The molecular weight excluding hydrogens is 298 g/mol. The Morgan fingerprint density at radius 3 is 2.41 bits per heavy atom. The third kappa shape index (κ3) is 3.02. The highest BCUT2D eigenvalue weighted by Crippen LogP contribution is 2.31. The standard InChI is InChI=1S/C17H17NO3S/c1-22(20)14-9-7-12(8-10-14)16-15(11-19)18-17(21-16)13-5-3-2-4-6-13/h2-10,15-16,19H,11H2,1H3/t15-,16-,22?/m1/s1. The van der Waals surface area contributed by atoms with Crippen molar-refractivity contribution in [2.24, 2.45) is 4.99 Å². The molecule has 3 rings (SSSR count). The fourth-order valence-corrected chi connectivity index (χ4v) is 2.97. The van der Waals surface area contributed by atoms with Crippen LogP contribution in [0.5, 0.6) is 0 Å². The molecule has 3 atom stereocenters. The zero-order valence-electron chi connectivity index (χ0n) is 12.2. The first-order valence-electron chi connectivity index (χ1n) is 7.03. The van der Waals surface area contributed by atoms with Crippen LogP contribution in [0.4, 0.5) is 0 Å². The van der Waals surface area contributed by atoms with E-state index in [1.807, 2.05) is 54.6 Å². The van der Waals surface area contributed by atoms with E-state index < -0.39 is 11.2 Å². The number of ether oxygens (including phenoxy) is 1. The first-order chi connectivity index (χ1) is 10.7. The molecule has 0 spiro atoms. The molecule has 1 unspecified atom stereocenters. The second kappa shape index (κ2) is 6.52. The Labute approximate surface area is 132 Å². The lowest BCUT2D eigenvalue weighted by atomic mass is 10.0. The SMILES string of the molecule is C[S+]([O-])c1ccc([C@H]2OC(c3ccccc3)=N[C@@H]2CO)cc1. The summed E-state index contributed by atoms with van der Waals surface area (Å²) in [6.45, 7) is -0.0809. The third-order valence-corrected chi connectivity index (χ3v) is 4.56. The van der Waals surface area contributed by atoms with Gasteiger partial charge in [0.1, 0.15) is 12.3 Å². The fourth-order valence-electron chi connectivity index (χ4n) is 2.45. The second-order valence-electron chi connectivity index (χ2n) is 5.11. The minimum atomic E-state index is -1.00. The van der Waals surface area contributed by atoms with Crippen LogP contribution >= 0.6 is 0 Å². The number of hydrogen-bond donors (Lipinski definition) is 1. The molecule has 0 radical (unpaired) electrons. The molecule has 0 saturated carbocycles. The summed E-state index contributed by atoms with van der Waals surface area (Å²) < 4.78 is 17.4. The van der Waals surface area contributed by atoms with Gasteiger partial charge < -0.3 is 14.4 Å². The molecule has 114 valence electrons. The Bertz CT molecular complexity index is 655. The van der Waals surface area contributed by atoms with Crippen LogP contribution in [0.1, 0.15) is 17.2 Å². The zero-order valence-corrected chi connectivity index (χ0v) is 13.0. The molecule has 1 N–H and O–H groups in total. The molecule has 5 heteroatoms. The van der Waals surface area contributed by atoms with E-state index in [0.29, 0.717) is 5.90 Å². The maximum Gasteiger partial charge on any atom is 0.217 e. The molecule has 2 aromatic rings. The summed E-state index contributed by atoms with van der Waals surface area (Å²) in [6, 6.07) is 16.7. The summed E-state index contributed by atoms with van der Waals surface area (Å²) in [4.78, 5) is 5.25. The normalized spacial score (nSPS) is 22.0. The van der Waals surface area contributed by atoms with E-state index in [4.69, 9.17) is 4.74 Å². The molecule has 2 aromatic carbocycles. The molecule has 1 heterocycles. The van der Waals surface area contributed by atoms with Gasteiger partial charge in [0.15, 0.2) is 11.0 Å². The molecular formula is C17H17NO3S. The van der Waals surface area contributed by atoms with Crippen molar-refractivity contribution in [3.63, 3.8) is 0 Å². The summed E-state index contributed by atoms with van der Waals surface area (Å²) in [7, 11) is 0. The number of benzene rings is 2. The topological polar surface area (TPSA) is 64.9 Å². The number of aliphatic hydroxyl groups excluding tert-OH is 1. The lowest BCUT2D eigenvalue weighted by Gasteiger charge is -2.17. The van der Waals surface area contributed by atoms with Crippen LogP contribution in [-0.4, -0.2) is 34.5 Å². The molecule has 22 heavy (non-hydrogen) atoms. The average Bonchev–Trinajstić information content (AvgIpc) is 3.00. The van der Waals surface area contributed by atoms with Gasteiger partial charge in [0.05, 0.1) is 6.61 Å². The first-order valence-corrected chi connectivity index (χ1v) is 8.59. The van der Waals surface area contributed by atoms with Gasteiger partial charge >= 0.3 is 0 Å². The lowest BCUT2D eigenvalue weighted by molar-refractivity contribution is 0.152. The largest absolute Gasteiger partial charge is 0.612 e. The van der Waals surface area contributed by atoms with Gasteiger partial charge in [-0.05, 0) is 41.0 Å². The summed E-state index contributed by atoms with van der Waals surface area (Å²) in [5.74, 6) is 0.549. The zero-order chi connectivity index (χ0) is 15.5. The highest BCUT2D eigenvalue weighted by molar-refractivity contribution is 7.90. The Morgan fingerprint density at radius 1 is 1.14 bits per heavy atom. The number of hydrogen-bond acceptors (Lipinski definition) is 4.